The number of amides is 3. The minimum Gasteiger partial charge on any atom is -0.379 e. The van der Waals surface area contributed by atoms with E-state index in [2.05, 4.69) is 5.32 Å². The number of nitrogens with one attached hydrogen (secondary N) is 1. The molecule has 1 aromatic carbocycles. The molecule has 0 spiro atoms. The monoisotopic (exact) mass is 409 g/mol. The van der Waals surface area contributed by atoms with Crippen molar-refractivity contribution in [1.29, 1.82) is 0 Å². The minimum absolute atomic E-state index is 0.0823. The number of primary amides is 2. The Labute approximate surface area is 171 Å². The van der Waals surface area contributed by atoms with Crippen LogP contribution >= 0.6 is 0 Å². The molecule has 9 nitrogen and oxygen atoms in total. The topological polar surface area (TPSA) is 143 Å². The zero-order valence-corrected chi connectivity index (χ0v) is 16.6. The standard InChI is InChI=1S/C20H31N3O6/c21-19(25)8-7-18(23-15-24)13-29-12-17-5-3-16(4-6-17)2-1-9-27-10-11-28-14-20(22)26/h3-6,15,18H,1-2,7-14H2,(H2,21,25)(H2,22,26)(H,23,24)/t18-/m0/s1. The van der Waals surface area contributed by atoms with E-state index >= 15 is 0 Å². The van der Waals surface area contributed by atoms with E-state index < -0.39 is 11.8 Å². The SMILES string of the molecule is NC(=O)CC[C@@H](COCc1ccc(CCCOCCOCC(N)=O)cc1)NC=O. The molecule has 0 saturated carbocycles. The van der Waals surface area contributed by atoms with Gasteiger partial charge >= 0.3 is 0 Å². The van der Waals surface area contributed by atoms with Gasteiger partial charge in [-0.15, -0.1) is 0 Å². The summed E-state index contributed by atoms with van der Waals surface area (Å²) in [7, 11) is 0. The smallest absolute Gasteiger partial charge is 0.243 e. The molecule has 0 aromatic heterocycles. The van der Waals surface area contributed by atoms with Crippen LogP contribution in [0.25, 0.3) is 0 Å². The highest BCUT2D eigenvalue weighted by Gasteiger charge is 2.09. The van der Waals surface area contributed by atoms with Gasteiger partial charge in [0, 0.05) is 13.0 Å². The summed E-state index contributed by atoms with van der Waals surface area (Å²) < 4.78 is 16.1. The van der Waals surface area contributed by atoms with Gasteiger partial charge in [0.05, 0.1) is 32.5 Å². The fourth-order valence-electron chi connectivity index (χ4n) is 2.52. The van der Waals surface area contributed by atoms with E-state index in [9.17, 15) is 14.4 Å². The summed E-state index contributed by atoms with van der Waals surface area (Å²) >= 11 is 0. The van der Waals surface area contributed by atoms with Crippen LogP contribution in [0.3, 0.4) is 0 Å². The van der Waals surface area contributed by atoms with Crippen LogP contribution in [-0.4, -0.2) is 57.3 Å². The first kappa shape index (κ1) is 24.5. The van der Waals surface area contributed by atoms with Gasteiger partial charge in [0.2, 0.25) is 18.2 Å². The third kappa shape index (κ3) is 13.3. The zero-order valence-electron chi connectivity index (χ0n) is 16.6. The summed E-state index contributed by atoms with van der Waals surface area (Å²) in [5.41, 5.74) is 12.3. The van der Waals surface area contributed by atoms with E-state index in [0.717, 1.165) is 18.4 Å². The first-order valence-electron chi connectivity index (χ1n) is 9.58. The second-order valence-electron chi connectivity index (χ2n) is 6.55. The molecule has 1 rings (SSSR count). The van der Waals surface area contributed by atoms with Crippen LogP contribution < -0.4 is 16.8 Å². The number of rotatable bonds is 18. The summed E-state index contributed by atoms with van der Waals surface area (Å²) in [6, 6.07) is 7.85. The van der Waals surface area contributed by atoms with Gasteiger partial charge in [-0.2, -0.15) is 0 Å². The maximum Gasteiger partial charge on any atom is 0.243 e. The molecule has 0 aliphatic rings. The number of carbonyl (C=O) groups excluding carboxylic acids is 3. The Kier molecular flexibility index (Phi) is 13.1. The predicted molar refractivity (Wildman–Crippen MR) is 107 cm³/mol. The van der Waals surface area contributed by atoms with E-state index in [0.29, 0.717) is 45.9 Å². The summed E-state index contributed by atoms with van der Waals surface area (Å²) in [6.45, 7) is 2.05. The molecule has 0 aliphatic carbocycles. The first-order chi connectivity index (χ1) is 14.0. The Balaban J connectivity index is 2.17. The summed E-state index contributed by atoms with van der Waals surface area (Å²) in [5, 5.41) is 2.63. The van der Waals surface area contributed by atoms with Crippen LogP contribution in [-0.2, 0) is 41.6 Å². The maximum absolute atomic E-state index is 10.8. The highest BCUT2D eigenvalue weighted by atomic mass is 16.5. The molecular weight excluding hydrogens is 378 g/mol. The quantitative estimate of drug-likeness (QED) is 0.231. The summed E-state index contributed by atoms with van der Waals surface area (Å²) in [5.74, 6) is -0.889. The van der Waals surface area contributed by atoms with Crippen molar-refractivity contribution in [2.24, 2.45) is 11.5 Å². The highest BCUT2D eigenvalue weighted by Crippen LogP contribution is 2.09. The molecule has 0 unspecified atom stereocenters. The van der Waals surface area contributed by atoms with Gasteiger partial charge in [0.15, 0.2) is 0 Å². The predicted octanol–water partition coefficient (Wildman–Crippen LogP) is 0.0344. The van der Waals surface area contributed by atoms with Crippen molar-refractivity contribution in [3.05, 3.63) is 35.4 Å². The number of ether oxygens (including phenoxy) is 3. The van der Waals surface area contributed by atoms with E-state index in [1.165, 1.54) is 5.56 Å². The lowest BCUT2D eigenvalue weighted by atomic mass is 10.1. The van der Waals surface area contributed by atoms with Gasteiger partial charge < -0.3 is 31.0 Å². The van der Waals surface area contributed by atoms with Crippen LogP contribution in [0, 0.1) is 0 Å². The molecule has 5 N–H and O–H groups in total. The van der Waals surface area contributed by atoms with Crippen molar-refractivity contribution in [3.8, 4) is 0 Å². The summed E-state index contributed by atoms with van der Waals surface area (Å²) in [6.07, 6.45) is 3.02. The average molecular weight is 409 g/mol. The third-order valence-electron chi connectivity index (χ3n) is 4.02. The van der Waals surface area contributed by atoms with Crippen LogP contribution in [0.15, 0.2) is 24.3 Å². The summed E-state index contributed by atoms with van der Waals surface area (Å²) in [4.78, 5) is 32.0. The Morgan fingerprint density at radius 2 is 1.66 bits per heavy atom. The van der Waals surface area contributed by atoms with Crippen LogP contribution in [0.2, 0.25) is 0 Å². The number of hydrogen-bond acceptors (Lipinski definition) is 6. The van der Waals surface area contributed by atoms with Crippen LogP contribution in [0.4, 0.5) is 0 Å². The molecule has 29 heavy (non-hydrogen) atoms. The van der Waals surface area contributed by atoms with Gasteiger partial charge in [0.25, 0.3) is 0 Å². The maximum atomic E-state index is 10.8. The fraction of sp³-hybridized carbons (Fsp3) is 0.550. The molecule has 0 saturated heterocycles. The van der Waals surface area contributed by atoms with Crippen molar-refractivity contribution in [2.75, 3.05) is 33.0 Å². The number of benzene rings is 1. The molecule has 1 atom stereocenters. The van der Waals surface area contributed by atoms with Crippen molar-refractivity contribution in [3.63, 3.8) is 0 Å². The Hall–Kier alpha value is -2.49. The average Bonchev–Trinajstić information content (AvgIpc) is 2.69. The normalized spacial score (nSPS) is 11.7. The lowest BCUT2D eigenvalue weighted by Crippen LogP contribution is -2.33. The molecule has 3 amide bonds. The van der Waals surface area contributed by atoms with Crippen molar-refractivity contribution in [2.45, 2.75) is 38.3 Å². The fourth-order valence-corrected chi connectivity index (χ4v) is 2.52. The molecule has 0 aliphatic heterocycles. The highest BCUT2D eigenvalue weighted by molar-refractivity contribution is 5.75. The van der Waals surface area contributed by atoms with Gasteiger partial charge in [-0.25, -0.2) is 0 Å². The molecule has 0 fully saturated rings. The second kappa shape index (κ2) is 15.4. The number of nitrogens with two attached hydrogens (primary N) is 2. The molecule has 0 heterocycles. The molecule has 9 heteroatoms. The second-order valence-corrected chi connectivity index (χ2v) is 6.55. The van der Waals surface area contributed by atoms with Crippen LogP contribution in [0.1, 0.15) is 30.4 Å². The largest absolute Gasteiger partial charge is 0.379 e. The van der Waals surface area contributed by atoms with E-state index in [1.807, 2.05) is 24.3 Å². The minimum atomic E-state index is -0.487. The Morgan fingerprint density at radius 1 is 0.966 bits per heavy atom. The van der Waals surface area contributed by atoms with Crippen molar-refractivity contribution >= 4 is 18.2 Å². The lowest BCUT2D eigenvalue weighted by molar-refractivity contribution is -0.123. The number of carbonyl (C=O) groups is 3. The van der Waals surface area contributed by atoms with Crippen molar-refractivity contribution in [1.82, 2.24) is 5.32 Å². The van der Waals surface area contributed by atoms with Gasteiger partial charge in [0.1, 0.15) is 6.61 Å². The Bertz CT molecular complexity index is 609. The number of hydrogen-bond donors (Lipinski definition) is 3. The molecular formula is C20H31N3O6. The van der Waals surface area contributed by atoms with E-state index in [-0.39, 0.29) is 19.1 Å². The van der Waals surface area contributed by atoms with E-state index in [1.54, 1.807) is 0 Å². The molecule has 162 valence electrons. The van der Waals surface area contributed by atoms with Gasteiger partial charge in [-0.05, 0) is 30.4 Å². The Morgan fingerprint density at radius 3 is 2.31 bits per heavy atom. The molecule has 0 bridgehead atoms. The van der Waals surface area contributed by atoms with Crippen molar-refractivity contribution < 1.29 is 28.6 Å². The van der Waals surface area contributed by atoms with Gasteiger partial charge in [-0.1, -0.05) is 24.3 Å². The van der Waals surface area contributed by atoms with Gasteiger partial charge in [-0.3, -0.25) is 14.4 Å². The zero-order chi connectivity index (χ0) is 21.3. The molecule has 1 aromatic rings. The van der Waals surface area contributed by atoms with Crippen LogP contribution in [0.5, 0.6) is 0 Å². The number of aryl methyl sites for hydroxylation is 1. The lowest BCUT2D eigenvalue weighted by Gasteiger charge is -2.15. The first-order valence-corrected chi connectivity index (χ1v) is 9.58. The molecule has 0 radical (unpaired) electrons. The van der Waals surface area contributed by atoms with E-state index in [4.69, 9.17) is 25.7 Å². The third-order valence-corrected chi connectivity index (χ3v) is 4.02.